The number of para-hydroxylation sites is 1. The predicted molar refractivity (Wildman–Crippen MR) is 96.1 cm³/mol. The number of nitrogens with two attached hydrogens (primary N) is 1. The average molecular weight is 311 g/mol. The molecule has 5 nitrogen and oxygen atoms in total. The number of hydrogen-bond donors (Lipinski definition) is 2. The number of rotatable bonds is 5. The van der Waals surface area contributed by atoms with E-state index in [2.05, 4.69) is 39.2 Å². The molecular formula is C18H25N5. The van der Waals surface area contributed by atoms with Gasteiger partial charge in [-0.2, -0.15) is 0 Å². The van der Waals surface area contributed by atoms with Gasteiger partial charge in [0, 0.05) is 18.3 Å². The van der Waals surface area contributed by atoms with Gasteiger partial charge in [-0.25, -0.2) is 9.97 Å². The lowest BCUT2D eigenvalue weighted by Crippen LogP contribution is -2.25. The first kappa shape index (κ1) is 15.6. The van der Waals surface area contributed by atoms with Gasteiger partial charge in [0.15, 0.2) is 11.6 Å². The Kier molecular flexibility index (Phi) is 4.95. The fourth-order valence-corrected chi connectivity index (χ4v) is 3.22. The summed E-state index contributed by atoms with van der Waals surface area (Å²) in [5, 5.41) is 3.52. The largest absolute Gasteiger partial charge is 0.393 e. The van der Waals surface area contributed by atoms with Gasteiger partial charge in [0.25, 0.3) is 0 Å². The molecule has 0 radical (unpaired) electrons. The molecule has 0 bridgehead atoms. The molecular weight excluding hydrogens is 286 g/mol. The van der Waals surface area contributed by atoms with E-state index in [0.29, 0.717) is 11.7 Å². The zero-order valence-corrected chi connectivity index (χ0v) is 13.7. The summed E-state index contributed by atoms with van der Waals surface area (Å²) in [6, 6.07) is 10.7. The minimum Gasteiger partial charge on any atom is -0.393 e. The maximum Gasteiger partial charge on any atom is 0.161 e. The fraction of sp³-hybridized carbons (Fsp3) is 0.444. The molecule has 0 aliphatic heterocycles. The highest BCUT2D eigenvalue weighted by molar-refractivity contribution is 5.79. The fourth-order valence-electron chi connectivity index (χ4n) is 3.22. The number of hydrogen-bond acceptors (Lipinski definition) is 5. The summed E-state index contributed by atoms with van der Waals surface area (Å²) in [6.07, 6.45) is 7.87. The molecule has 1 aromatic carbocycles. The van der Waals surface area contributed by atoms with Gasteiger partial charge in [-0.1, -0.05) is 37.5 Å². The van der Waals surface area contributed by atoms with Crippen molar-refractivity contribution in [2.45, 2.75) is 45.1 Å². The molecule has 3 N–H and O–H groups in total. The number of nitrogens with one attached hydrogen (secondary N) is 1. The Morgan fingerprint density at radius 2 is 1.87 bits per heavy atom. The zero-order chi connectivity index (χ0) is 16.1. The van der Waals surface area contributed by atoms with Crippen molar-refractivity contribution < 1.29 is 0 Å². The Hall–Kier alpha value is -2.30. The van der Waals surface area contributed by atoms with Gasteiger partial charge < -0.3 is 16.0 Å². The highest BCUT2D eigenvalue weighted by atomic mass is 15.2. The summed E-state index contributed by atoms with van der Waals surface area (Å²) in [7, 11) is 0. The monoisotopic (exact) mass is 311 g/mol. The molecule has 0 unspecified atom stereocenters. The molecule has 0 atom stereocenters. The van der Waals surface area contributed by atoms with Gasteiger partial charge in [-0.05, 0) is 31.9 Å². The third-order valence-corrected chi connectivity index (χ3v) is 4.45. The van der Waals surface area contributed by atoms with E-state index in [1.165, 1.54) is 32.1 Å². The zero-order valence-electron chi connectivity index (χ0n) is 13.7. The summed E-state index contributed by atoms with van der Waals surface area (Å²) in [5.74, 6) is 1.53. The first-order valence-electron chi connectivity index (χ1n) is 8.49. The SMILES string of the molecule is CCN(c1ccccc1)c1ncnc(NC2CCCCC2)c1N. The van der Waals surface area contributed by atoms with E-state index >= 15 is 0 Å². The summed E-state index contributed by atoms with van der Waals surface area (Å²) >= 11 is 0. The Morgan fingerprint density at radius 3 is 2.57 bits per heavy atom. The molecule has 1 fully saturated rings. The molecule has 2 aromatic rings. The van der Waals surface area contributed by atoms with E-state index in [1.54, 1.807) is 6.33 Å². The first-order chi connectivity index (χ1) is 11.3. The molecule has 1 heterocycles. The summed E-state index contributed by atoms with van der Waals surface area (Å²) in [4.78, 5) is 10.9. The number of nitrogen functional groups attached to an aromatic ring is 1. The van der Waals surface area contributed by atoms with Crippen LogP contribution in [0, 0.1) is 0 Å². The van der Waals surface area contributed by atoms with Gasteiger partial charge in [-0.3, -0.25) is 0 Å². The maximum atomic E-state index is 6.39. The third-order valence-electron chi connectivity index (χ3n) is 4.45. The average Bonchev–Trinajstić information content (AvgIpc) is 2.61. The second kappa shape index (κ2) is 7.31. The lowest BCUT2D eigenvalue weighted by Gasteiger charge is -2.27. The van der Waals surface area contributed by atoms with Crippen LogP contribution in [0.25, 0.3) is 0 Å². The molecule has 5 heteroatoms. The molecule has 122 valence electrons. The van der Waals surface area contributed by atoms with Gasteiger partial charge in [0.05, 0.1) is 0 Å². The van der Waals surface area contributed by atoms with Crippen LogP contribution < -0.4 is 16.0 Å². The van der Waals surface area contributed by atoms with E-state index in [0.717, 1.165) is 23.9 Å². The highest BCUT2D eigenvalue weighted by Gasteiger charge is 2.19. The minimum absolute atomic E-state index is 0.473. The van der Waals surface area contributed by atoms with Crippen molar-refractivity contribution in [1.82, 2.24) is 9.97 Å². The topological polar surface area (TPSA) is 67.1 Å². The molecule has 1 aliphatic carbocycles. The molecule has 0 spiro atoms. The Morgan fingerprint density at radius 1 is 1.13 bits per heavy atom. The quantitative estimate of drug-likeness (QED) is 0.875. The van der Waals surface area contributed by atoms with Crippen LogP contribution in [-0.4, -0.2) is 22.6 Å². The lowest BCUT2D eigenvalue weighted by molar-refractivity contribution is 0.462. The van der Waals surface area contributed by atoms with Crippen molar-refractivity contribution in [1.29, 1.82) is 0 Å². The lowest BCUT2D eigenvalue weighted by atomic mass is 9.95. The smallest absolute Gasteiger partial charge is 0.161 e. The molecule has 0 saturated heterocycles. The van der Waals surface area contributed by atoms with Crippen LogP contribution in [0.2, 0.25) is 0 Å². The first-order valence-corrected chi connectivity index (χ1v) is 8.49. The standard InChI is InChI=1S/C18H25N5/c1-2-23(15-11-7-4-8-12-15)18-16(19)17(20-13-21-18)22-14-9-5-3-6-10-14/h4,7-8,11-14H,2-3,5-6,9-10,19H2,1H3,(H,20,21,22). The van der Waals surface area contributed by atoms with Crippen molar-refractivity contribution in [3.63, 3.8) is 0 Å². The van der Waals surface area contributed by atoms with Crippen molar-refractivity contribution in [3.05, 3.63) is 36.7 Å². The van der Waals surface area contributed by atoms with Crippen LogP contribution in [0.1, 0.15) is 39.0 Å². The minimum atomic E-state index is 0.473. The van der Waals surface area contributed by atoms with E-state index < -0.39 is 0 Å². The summed E-state index contributed by atoms with van der Waals surface area (Å²) in [6.45, 7) is 2.90. The van der Waals surface area contributed by atoms with Crippen LogP contribution in [0.15, 0.2) is 36.7 Å². The second-order valence-corrected chi connectivity index (χ2v) is 6.02. The predicted octanol–water partition coefficient (Wildman–Crippen LogP) is 3.96. The van der Waals surface area contributed by atoms with Gasteiger partial charge in [-0.15, -0.1) is 0 Å². The van der Waals surface area contributed by atoms with E-state index in [4.69, 9.17) is 5.73 Å². The van der Waals surface area contributed by atoms with Crippen molar-refractivity contribution in [3.8, 4) is 0 Å². The van der Waals surface area contributed by atoms with Crippen LogP contribution >= 0.6 is 0 Å². The van der Waals surface area contributed by atoms with Gasteiger partial charge in [0.1, 0.15) is 12.0 Å². The number of nitrogens with zero attached hydrogens (tertiary/aromatic N) is 3. The van der Waals surface area contributed by atoms with Crippen molar-refractivity contribution in [2.75, 3.05) is 22.5 Å². The highest BCUT2D eigenvalue weighted by Crippen LogP contribution is 2.32. The number of aromatic nitrogens is 2. The number of benzene rings is 1. The summed E-state index contributed by atoms with van der Waals surface area (Å²) < 4.78 is 0. The van der Waals surface area contributed by atoms with E-state index in [-0.39, 0.29) is 0 Å². The van der Waals surface area contributed by atoms with E-state index in [1.807, 2.05) is 18.2 Å². The van der Waals surface area contributed by atoms with Crippen LogP contribution in [-0.2, 0) is 0 Å². The Balaban J connectivity index is 1.86. The summed E-state index contributed by atoms with van der Waals surface area (Å²) in [5.41, 5.74) is 8.10. The van der Waals surface area contributed by atoms with Crippen LogP contribution in [0.5, 0.6) is 0 Å². The number of anilines is 4. The Labute approximate surface area is 137 Å². The molecule has 1 saturated carbocycles. The van der Waals surface area contributed by atoms with Crippen molar-refractivity contribution in [2.24, 2.45) is 0 Å². The molecule has 1 aliphatic rings. The second-order valence-electron chi connectivity index (χ2n) is 6.02. The molecule has 23 heavy (non-hydrogen) atoms. The van der Waals surface area contributed by atoms with E-state index in [9.17, 15) is 0 Å². The molecule has 1 aromatic heterocycles. The van der Waals surface area contributed by atoms with Gasteiger partial charge >= 0.3 is 0 Å². The normalized spacial score (nSPS) is 15.3. The third kappa shape index (κ3) is 3.55. The van der Waals surface area contributed by atoms with Crippen LogP contribution in [0.3, 0.4) is 0 Å². The molecule has 3 rings (SSSR count). The Bertz CT molecular complexity index is 623. The van der Waals surface area contributed by atoms with Gasteiger partial charge in [0.2, 0.25) is 0 Å². The van der Waals surface area contributed by atoms with Crippen LogP contribution in [0.4, 0.5) is 23.0 Å². The maximum absolute atomic E-state index is 6.39. The van der Waals surface area contributed by atoms with Crippen molar-refractivity contribution >= 4 is 23.0 Å². The molecule has 0 amide bonds.